The Balaban J connectivity index is 1.53. The number of amides is 1. The smallest absolute Gasteiger partial charge is 0.331 e. The average Bonchev–Trinajstić information content (AvgIpc) is 3.01. The fourth-order valence-electron chi connectivity index (χ4n) is 2.46. The van der Waals surface area contributed by atoms with Crippen LogP contribution in [0.1, 0.15) is 11.3 Å². The quantitative estimate of drug-likeness (QED) is 0.511. The number of rotatable bonds is 6. The van der Waals surface area contributed by atoms with Gasteiger partial charge >= 0.3 is 5.97 Å². The van der Waals surface area contributed by atoms with Crippen molar-refractivity contribution in [1.82, 2.24) is 9.38 Å². The summed E-state index contributed by atoms with van der Waals surface area (Å²) >= 11 is 6.08. The van der Waals surface area contributed by atoms with Crippen molar-refractivity contribution in [2.24, 2.45) is 0 Å². The van der Waals surface area contributed by atoms with Gasteiger partial charge in [-0.3, -0.25) is 9.20 Å². The van der Waals surface area contributed by atoms with Gasteiger partial charge in [-0.25, -0.2) is 9.78 Å². The number of benzene rings is 1. The zero-order valence-electron chi connectivity index (χ0n) is 14.6. The van der Waals surface area contributed by atoms with Crippen molar-refractivity contribution in [3.8, 4) is 6.07 Å². The van der Waals surface area contributed by atoms with E-state index in [9.17, 15) is 9.59 Å². The van der Waals surface area contributed by atoms with Crippen molar-refractivity contribution in [3.05, 3.63) is 71.1 Å². The molecular weight excluding hydrogens is 380 g/mol. The zero-order chi connectivity index (χ0) is 19.9. The van der Waals surface area contributed by atoms with Gasteiger partial charge in [-0.15, -0.1) is 0 Å². The number of imidazole rings is 1. The fourth-order valence-corrected chi connectivity index (χ4v) is 2.70. The van der Waals surface area contributed by atoms with Gasteiger partial charge in [0.05, 0.1) is 18.2 Å². The summed E-state index contributed by atoms with van der Waals surface area (Å²) in [5, 5.41) is 11.5. The van der Waals surface area contributed by atoms with Gasteiger partial charge in [0.25, 0.3) is 5.91 Å². The molecule has 0 unspecified atom stereocenters. The minimum Gasteiger partial charge on any atom is -0.452 e. The van der Waals surface area contributed by atoms with Crippen molar-refractivity contribution >= 4 is 40.9 Å². The van der Waals surface area contributed by atoms with Gasteiger partial charge < -0.3 is 10.1 Å². The highest BCUT2D eigenvalue weighted by molar-refractivity contribution is 6.31. The molecule has 1 aromatic carbocycles. The first-order valence-electron chi connectivity index (χ1n) is 8.30. The summed E-state index contributed by atoms with van der Waals surface area (Å²) in [5.74, 6) is -1.15. The second-order valence-electron chi connectivity index (χ2n) is 5.74. The molecule has 1 amide bonds. The number of nitrogens with zero attached hydrogens (tertiary/aromatic N) is 3. The third kappa shape index (κ3) is 4.75. The number of fused-ring (bicyclic) bond motifs is 1. The molecule has 8 heteroatoms. The van der Waals surface area contributed by atoms with E-state index in [0.29, 0.717) is 23.4 Å². The third-order valence-electron chi connectivity index (χ3n) is 3.77. The number of hydrogen-bond acceptors (Lipinski definition) is 5. The predicted octanol–water partition coefficient (Wildman–Crippen LogP) is 3.25. The summed E-state index contributed by atoms with van der Waals surface area (Å²) in [6.45, 7) is -0.427. The number of pyridine rings is 1. The van der Waals surface area contributed by atoms with Gasteiger partial charge in [-0.2, -0.15) is 5.26 Å². The maximum absolute atomic E-state index is 11.9. The molecule has 3 aromatic rings. The standard InChI is InChI=1S/C20H15ClN4O3/c21-20-16(25-12-2-1-3-17(25)24-20)8-9-19(27)28-13-18(26)23-15-6-4-14(5-7-15)10-11-22/h1-9,12H,10,13H2,(H,23,26)/b9-8+. The Labute approximate surface area is 165 Å². The highest BCUT2D eigenvalue weighted by atomic mass is 35.5. The van der Waals surface area contributed by atoms with Crippen molar-refractivity contribution in [2.45, 2.75) is 6.42 Å². The first kappa shape index (κ1) is 19.1. The highest BCUT2D eigenvalue weighted by Crippen LogP contribution is 2.18. The van der Waals surface area contributed by atoms with Crippen LogP contribution in [0, 0.1) is 11.3 Å². The van der Waals surface area contributed by atoms with Crippen LogP contribution in [-0.4, -0.2) is 27.9 Å². The van der Waals surface area contributed by atoms with Gasteiger partial charge in [0.1, 0.15) is 5.65 Å². The van der Waals surface area contributed by atoms with Crippen molar-refractivity contribution in [2.75, 3.05) is 11.9 Å². The molecule has 0 bridgehead atoms. The Bertz CT molecular complexity index is 1080. The van der Waals surface area contributed by atoms with Crippen LogP contribution in [-0.2, 0) is 20.7 Å². The van der Waals surface area contributed by atoms with Crippen LogP contribution in [0.3, 0.4) is 0 Å². The predicted molar refractivity (Wildman–Crippen MR) is 105 cm³/mol. The summed E-state index contributed by atoms with van der Waals surface area (Å²) in [5.41, 5.74) is 2.59. The molecular formula is C20H15ClN4O3. The van der Waals surface area contributed by atoms with Crippen LogP contribution in [0.15, 0.2) is 54.7 Å². The molecule has 0 radical (unpaired) electrons. The molecule has 1 N–H and O–H groups in total. The van der Waals surface area contributed by atoms with E-state index in [2.05, 4.69) is 10.3 Å². The molecule has 0 atom stereocenters. The van der Waals surface area contributed by atoms with E-state index in [4.69, 9.17) is 21.6 Å². The maximum Gasteiger partial charge on any atom is 0.331 e. The maximum atomic E-state index is 11.9. The van der Waals surface area contributed by atoms with E-state index in [1.165, 1.54) is 12.2 Å². The second kappa shape index (κ2) is 8.84. The number of carbonyl (C=O) groups is 2. The van der Waals surface area contributed by atoms with Crippen LogP contribution in [0.25, 0.3) is 11.7 Å². The molecule has 2 heterocycles. The zero-order valence-corrected chi connectivity index (χ0v) is 15.4. The van der Waals surface area contributed by atoms with E-state index in [-0.39, 0.29) is 5.15 Å². The average molecular weight is 395 g/mol. The van der Waals surface area contributed by atoms with Gasteiger partial charge in [-0.1, -0.05) is 29.8 Å². The summed E-state index contributed by atoms with van der Waals surface area (Å²) in [7, 11) is 0. The van der Waals surface area contributed by atoms with E-state index in [1.807, 2.05) is 18.2 Å². The molecule has 7 nitrogen and oxygen atoms in total. The molecule has 0 saturated carbocycles. The van der Waals surface area contributed by atoms with Gasteiger partial charge in [-0.05, 0) is 35.9 Å². The molecule has 0 fully saturated rings. The number of nitrogens with one attached hydrogen (secondary N) is 1. The van der Waals surface area contributed by atoms with E-state index in [0.717, 1.165) is 5.56 Å². The van der Waals surface area contributed by atoms with E-state index >= 15 is 0 Å². The lowest BCUT2D eigenvalue weighted by atomic mass is 10.1. The summed E-state index contributed by atoms with van der Waals surface area (Å²) < 4.78 is 6.67. The molecule has 2 aromatic heterocycles. The number of ether oxygens (including phenoxy) is 1. The van der Waals surface area contributed by atoms with E-state index in [1.54, 1.807) is 40.9 Å². The van der Waals surface area contributed by atoms with Crippen molar-refractivity contribution in [3.63, 3.8) is 0 Å². The van der Waals surface area contributed by atoms with Crippen LogP contribution >= 0.6 is 11.6 Å². The molecule has 0 aliphatic carbocycles. The number of aromatic nitrogens is 2. The van der Waals surface area contributed by atoms with Crippen molar-refractivity contribution in [1.29, 1.82) is 5.26 Å². The lowest BCUT2D eigenvalue weighted by Gasteiger charge is -2.06. The number of halogens is 1. The lowest BCUT2D eigenvalue weighted by Crippen LogP contribution is -2.20. The molecule has 3 rings (SSSR count). The topological polar surface area (TPSA) is 96.5 Å². The highest BCUT2D eigenvalue weighted by Gasteiger charge is 2.09. The molecule has 0 saturated heterocycles. The normalized spacial score (nSPS) is 10.7. The first-order valence-corrected chi connectivity index (χ1v) is 8.68. The Kier molecular flexibility index (Phi) is 6.04. The Morgan fingerprint density at radius 2 is 2.04 bits per heavy atom. The van der Waals surface area contributed by atoms with Crippen LogP contribution < -0.4 is 5.32 Å². The van der Waals surface area contributed by atoms with Gasteiger partial charge in [0.2, 0.25) is 0 Å². The molecule has 0 spiro atoms. The number of esters is 1. The minimum atomic E-state index is -0.679. The van der Waals surface area contributed by atoms with Gasteiger partial charge in [0, 0.05) is 18.0 Å². The van der Waals surface area contributed by atoms with Crippen molar-refractivity contribution < 1.29 is 14.3 Å². The molecule has 0 aliphatic rings. The number of nitriles is 1. The van der Waals surface area contributed by atoms with Crippen LogP contribution in [0.4, 0.5) is 5.69 Å². The van der Waals surface area contributed by atoms with E-state index < -0.39 is 18.5 Å². The SMILES string of the molecule is N#CCc1ccc(NC(=O)COC(=O)/C=C/c2c(Cl)nc3ccccn23)cc1. The molecule has 28 heavy (non-hydrogen) atoms. The summed E-state index contributed by atoms with van der Waals surface area (Å²) in [6.07, 6.45) is 4.74. The number of hydrogen-bond donors (Lipinski definition) is 1. The number of anilines is 1. The largest absolute Gasteiger partial charge is 0.452 e. The molecule has 140 valence electrons. The van der Waals surface area contributed by atoms with Crippen LogP contribution in [0.2, 0.25) is 5.15 Å². The fraction of sp³-hybridized carbons (Fsp3) is 0.100. The Morgan fingerprint density at radius 3 is 2.79 bits per heavy atom. The summed E-state index contributed by atoms with van der Waals surface area (Å²) in [6, 6.07) is 14.3. The number of carbonyl (C=O) groups excluding carboxylic acids is 2. The molecule has 0 aliphatic heterocycles. The third-order valence-corrected chi connectivity index (χ3v) is 4.04. The second-order valence-corrected chi connectivity index (χ2v) is 6.10. The Morgan fingerprint density at radius 1 is 1.25 bits per heavy atom. The first-order chi connectivity index (χ1) is 13.6. The minimum absolute atomic E-state index is 0.257. The Hall–Kier alpha value is -3.63. The monoisotopic (exact) mass is 394 g/mol. The van der Waals surface area contributed by atoms with Crippen LogP contribution in [0.5, 0.6) is 0 Å². The van der Waals surface area contributed by atoms with Gasteiger partial charge in [0.15, 0.2) is 11.8 Å². The summed E-state index contributed by atoms with van der Waals surface area (Å²) in [4.78, 5) is 27.9. The lowest BCUT2D eigenvalue weighted by molar-refractivity contribution is -0.142.